The maximum absolute atomic E-state index is 12.9. The van der Waals surface area contributed by atoms with Crippen LogP contribution in [0, 0.1) is 12.7 Å². The minimum atomic E-state index is -0.272. The average molecular weight is 252 g/mol. The third-order valence-electron chi connectivity index (χ3n) is 2.29. The normalized spacial score (nSPS) is 10.3. The molecular weight excluding hydrogens is 241 g/mol. The Morgan fingerprint density at radius 3 is 2.82 bits per heavy atom. The Hall–Kier alpha value is -1.61. The fourth-order valence-electron chi connectivity index (χ4n) is 1.45. The number of halogens is 2. The van der Waals surface area contributed by atoms with Crippen molar-refractivity contribution in [3.8, 4) is 11.5 Å². The van der Waals surface area contributed by atoms with Crippen molar-refractivity contribution in [3.63, 3.8) is 0 Å². The third-order valence-corrected chi connectivity index (χ3v) is 2.56. The Bertz CT molecular complexity index is 531. The maximum atomic E-state index is 12.9. The fraction of sp³-hybridized carbons (Fsp3) is 0.154. The molecule has 0 saturated heterocycles. The number of aromatic nitrogens is 1. The molecule has 0 fully saturated rings. The first-order chi connectivity index (χ1) is 8.19. The molecule has 0 spiro atoms. The predicted molar refractivity (Wildman–Crippen MR) is 65.0 cm³/mol. The molecule has 1 heterocycles. The molecule has 88 valence electrons. The molecule has 0 unspecified atom stereocenters. The van der Waals surface area contributed by atoms with Crippen LogP contribution in [0.2, 0.25) is 0 Å². The van der Waals surface area contributed by atoms with Crippen LogP contribution < -0.4 is 4.74 Å². The number of alkyl halides is 1. The van der Waals surface area contributed by atoms with E-state index in [9.17, 15) is 4.39 Å². The van der Waals surface area contributed by atoms with Gasteiger partial charge in [-0.3, -0.25) is 4.98 Å². The van der Waals surface area contributed by atoms with E-state index in [0.717, 1.165) is 11.3 Å². The molecule has 17 heavy (non-hydrogen) atoms. The molecule has 4 heteroatoms. The highest BCUT2D eigenvalue weighted by Gasteiger charge is 2.03. The second-order valence-corrected chi connectivity index (χ2v) is 3.90. The van der Waals surface area contributed by atoms with Gasteiger partial charge in [-0.25, -0.2) is 4.39 Å². The van der Waals surface area contributed by atoms with Crippen LogP contribution in [0.1, 0.15) is 11.3 Å². The summed E-state index contributed by atoms with van der Waals surface area (Å²) in [5, 5.41) is 0. The first kappa shape index (κ1) is 11.9. The summed E-state index contributed by atoms with van der Waals surface area (Å²) in [6.45, 7) is 1.79. The lowest BCUT2D eigenvalue weighted by Crippen LogP contribution is -1.91. The van der Waals surface area contributed by atoms with E-state index < -0.39 is 0 Å². The van der Waals surface area contributed by atoms with Gasteiger partial charge in [-0.05, 0) is 36.8 Å². The summed E-state index contributed by atoms with van der Waals surface area (Å²) in [7, 11) is 0. The monoisotopic (exact) mass is 251 g/mol. The van der Waals surface area contributed by atoms with E-state index in [4.69, 9.17) is 16.3 Å². The molecule has 2 aromatic rings. The summed E-state index contributed by atoms with van der Waals surface area (Å²) in [5.41, 5.74) is 1.48. The first-order valence-electron chi connectivity index (χ1n) is 5.14. The molecule has 0 saturated carbocycles. The van der Waals surface area contributed by atoms with Crippen molar-refractivity contribution in [3.05, 3.63) is 53.6 Å². The third kappa shape index (κ3) is 2.94. The van der Waals surface area contributed by atoms with Crippen molar-refractivity contribution in [2.24, 2.45) is 0 Å². The Kier molecular flexibility index (Phi) is 3.59. The summed E-state index contributed by atoms with van der Waals surface area (Å²) in [6.07, 6.45) is 1.63. The number of hydrogen-bond donors (Lipinski definition) is 0. The minimum Gasteiger partial charge on any atom is -0.457 e. The smallest absolute Gasteiger partial charge is 0.130 e. The number of hydrogen-bond acceptors (Lipinski definition) is 2. The van der Waals surface area contributed by atoms with Crippen LogP contribution in [0.4, 0.5) is 4.39 Å². The van der Waals surface area contributed by atoms with E-state index in [2.05, 4.69) is 4.98 Å². The minimum absolute atomic E-state index is 0.272. The SMILES string of the molecule is Cc1cc(F)ccc1Oc1ccnc(CCl)c1. The summed E-state index contributed by atoms with van der Waals surface area (Å²) in [4.78, 5) is 4.06. The van der Waals surface area contributed by atoms with Gasteiger partial charge in [-0.1, -0.05) is 0 Å². The van der Waals surface area contributed by atoms with Crippen molar-refractivity contribution < 1.29 is 9.13 Å². The number of ether oxygens (including phenoxy) is 1. The van der Waals surface area contributed by atoms with E-state index >= 15 is 0 Å². The molecule has 1 aromatic carbocycles. The van der Waals surface area contributed by atoms with E-state index in [1.54, 1.807) is 31.3 Å². The van der Waals surface area contributed by atoms with Gasteiger partial charge in [0.05, 0.1) is 11.6 Å². The number of rotatable bonds is 3. The molecule has 0 N–H and O–H groups in total. The van der Waals surface area contributed by atoms with Gasteiger partial charge in [0, 0.05) is 12.3 Å². The largest absolute Gasteiger partial charge is 0.457 e. The average Bonchev–Trinajstić information content (AvgIpc) is 2.33. The zero-order valence-corrected chi connectivity index (χ0v) is 10.0. The van der Waals surface area contributed by atoms with Crippen LogP contribution in [0.25, 0.3) is 0 Å². The van der Waals surface area contributed by atoms with Gasteiger partial charge < -0.3 is 4.74 Å². The lowest BCUT2D eigenvalue weighted by molar-refractivity contribution is 0.475. The van der Waals surface area contributed by atoms with Gasteiger partial charge >= 0.3 is 0 Å². The lowest BCUT2D eigenvalue weighted by atomic mass is 10.2. The van der Waals surface area contributed by atoms with Gasteiger partial charge in [-0.15, -0.1) is 11.6 Å². The van der Waals surface area contributed by atoms with Gasteiger partial charge in [0.2, 0.25) is 0 Å². The number of pyridine rings is 1. The van der Waals surface area contributed by atoms with E-state index in [0.29, 0.717) is 17.4 Å². The van der Waals surface area contributed by atoms with Crippen LogP contribution in [0.15, 0.2) is 36.5 Å². The van der Waals surface area contributed by atoms with Crippen LogP contribution in [0.3, 0.4) is 0 Å². The van der Waals surface area contributed by atoms with Crippen molar-refractivity contribution in [1.82, 2.24) is 4.98 Å². The second-order valence-electron chi connectivity index (χ2n) is 3.63. The van der Waals surface area contributed by atoms with E-state index in [1.807, 2.05) is 0 Å². The van der Waals surface area contributed by atoms with Gasteiger partial charge in [0.25, 0.3) is 0 Å². The number of benzene rings is 1. The maximum Gasteiger partial charge on any atom is 0.130 e. The lowest BCUT2D eigenvalue weighted by Gasteiger charge is -2.09. The Morgan fingerprint density at radius 1 is 1.29 bits per heavy atom. The van der Waals surface area contributed by atoms with Gasteiger partial charge in [0.1, 0.15) is 17.3 Å². The van der Waals surface area contributed by atoms with E-state index in [1.165, 1.54) is 12.1 Å². The van der Waals surface area contributed by atoms with Crippen molar-refractivity contribution in [2.75, 3.05) is 0 Å². The zero-order chi connectivity index (χ0) is 12.3. The summed E-state index contributed by atoms with van der Waals surface area (Å²) in [6, 6.07) is 7.89. The number of nitrogens with zero attached hydrogens (tertiary/aromatic N) is 1. The molecule has 0 amide bonds. The molecular formula is C13H11ClFNO. The predicted octanol–water partition coefficient (Wildman–Crippen LogP) is 4.06. The van der Waals surface area contributed by atoms with Gasteiger partial charge in [0.15, 0.2) is 0 Å². The Labute approximate surface area is 104 Å². The van der Waals surface area contributed by atoms with Crippen molar-refractivity contribution in [2.45, 2.75) is 12.8 Å². The summed E-state index contributed by atoms with van der Waals surface area (Å²) >= 11 is 5.69. The molecule has 0 aliphatic carbocycles. The Balaban J connectivity index is 2.25. The fourth-order valence-corrected chi connectivity index (χ4v) is 1.59. The van der Waals surface area contributed by atoms with Crippen LogP contribution in [-0.2, 0) is 5.88 Å². The van der Waals surface area contributed by atoms with Crippen LogP contribution in [0.5, 0.6) is 11.5 Å². The highest BCUT2D eigenvalue weighted by atomic mass is 35.5. The quantitative estimate of drug-likeness (QED) is 0.768. The summed E-state index contributed by atoms with van der Waals surface area (Å²) < 4.78 is 18.6. The van der Waals surface area contributed by atoms with E-state index in [-0.39, 0.29) is 5.82 Å². The Morgan fingerprint density at radius 2 is 2.12 bits per heavy atom. The van der Waals surface area contributed by atoms with Crippen LogP contribution >= 0.6 is 11.6 Å². The van der Waals surface area contributed by atoms with Crippen LogP contribution in [-0.4, -0.2) is 4.98 Å². The second kappa shape index (κ2) is 5.15. The summed E-state index contributed by atoms with van der Waals surface area (Å²) in [5.74, 6) is 1.33. The topological polar surface area (TPSA) is 22.1 Å². The van der Waals surface area contributed by atoms with Crippen molar-refractivity contribution >= 4 is 11.6 Å². The van der Waals surface area contributed by atoms with Crippen molar-refractivity contribution in [1.29, 1.82) is 0 Å². The molecule has 1 aromatic heterocycles. The van der Waals surface area contributed by atoms with Gasteiger partial charge in [-0.2, -0.15) is 0 Å². The highest BCUT2D eigenvalue weighted by molar-refractivity contribution is 6.16. The molecule has 0 bridgehead atoms. The zero-order valence-electron chi connectivity index (χ0n) is 9.28. The molecule has 2 nitrogen and oxygen atoms in total. The standard InChI is InChI=1S/C13H11ClFNO/c1-9-6-10(15)2-3-13(9)17-12-4-5-16-11(7-12)8-14/h2-7H,8H2,1H3. The molecule has 0 aliphatic rings. The molecule has 2 rings (SSSR count). The molecule has 0 atom stereocenters. The number of aryl methyl sites for hydroxylation is 1. The molecule has 0 radical (unpaired) electrons. The first-order valence-corrected chi connectivity index (χ1v) is 5.67. The highest BCUT2D eigenvalue weighted by Crippen LogP contribution is 2.25. The molecule has 0 aliphatic heterocycles.